The maximum Gasteiger partial charge on any atom is 0.131 e. The Labute approximate surface area is 123 Å². The van der Waals surface area contributed by atoms with E-state index < -0.39 is 5.82 Å². The number of hydrogen-bond donors (Lipinski definition) is 1. The van der Waals surface area contributed by atoms with E-state index in [4.69, 9.17) is 16.3 Å². The molecule has 0 aromatic heterocycles. The van der Waals surface area contributed by atoms with E-state index in [0.717, 1.165) is 4.47 Å². The van der Waals surface area contributed by atoms with Gasteiger partial charge in [0.2, 0.25) is 0 Å². The minimum Gasteiger partial charge on any atom is -0.488 e. The van der Waals surface area contributed by atoms with Crippen LogP contribution in [-0.2, 0) is 13.2 Å². The molecule has 0 fully saturated rings. The van der Waals surface area contributed by atoms with Gasteiger partial charge < -0.3 is 9.84 Å². The molecule has 0 saturated heterocycles. The number of aliphatic hydroxyl groups excluding tert-OH is 1. The van der Waals surface area contributed by atoms with Gasteiger partial charge in [0.25, 0.3) is 0 Å². The van der Waals surface area contributed by atoms with Gasteiger partial charge in [0.05, 0.1) is 11.6 Å². The van der Waals surface area contributed by atoms with Crippen LogP contribution in [0.15, 0.2) is 40.9 Å². The van der Waals surface area contributed by atoms with Crippen LogP contribution < -0.4 is 4.74 Å². The monoisotopic (exact) mass is 344 g/mol. The normalized spacial score (nSPS) is 10.5. The average Bonchev–Trinajstić information content (AvgIpc) is 2.39. The fraction of sp³-hybridized carbons (Fsp3) is 0.143. The summed E-state index contributed by atoms with van der Waals surface area (Å²) >= 11 is 9.23. The molecule has 0 aliphatic carbocycles. The van der Waals surface area contributed by atoms with Gasteiger partial charge in [0.1, 0.15) is 18.2 Å². The van der Waals surface area contributed by atoms with Gasteiger partial charge >= 0.3 is 0 Å². The summed E-state index contributed by atoms with van der Waals surface area (Å²) in [6.45, 7) is -0.139. The third kappa shape index (κ3) is 3.47. The molecule has 2 nitrogen and oxygen atoms in total. The van der Waals surface area contributed by atoms with E-state index in [2.05, 4.69) is 15.9 Å². The molecule has 2 rings (SSSR count). The van der Waals surface area contributed by atoms with Crippen LogP contribution in [0.3, 0.4) is 0 Å². The largest absolute Gasteiger partial charge is 0.488 e. The summed E-state index contributed by atoms with van der Waals surface area (Å²) in [4.78, 5) is 0. The lowest BCUT2D eigenvalue weighted by Gasteiger charge is -2.12. The number of benzene rings is 2. The van der Waals surface area contributed by atoms with Crippen molar-refractivity contribution in [1.82, 2.24) is 0 Å². The van der Waals surface area contributed by atoms with Crippen LogP contribution in [0.1, 0.15) is 11.1 Å². The molecule has 5 heteroatoms. The minimum atomic E-state index is -0.407. The second kappa shape index (κ2) is 6.37. The Morgan fingerprint density at radius 1 is 1.26 bits per heavy atom. The van der Waals surface area contributed by atoms with Crippen LogP contribution in [0, 0.1) is 5.82 Å². The lowest BCUT2D eigenvalue weighted by molar-refractivity contribution is 0.257. The zero-order valence-corrected chi connectivity index (χ0v) is 12.2. The van der Waals surface area contributed by atoms with Gasteiger partial charge in [-0.1, -0.05) is 33.6 Å². The first-order valence-corrected chi connectivity index (χ1v) is 6.74. The van der Waals surface area contributed by atoms with E-state index in [1.807, 2.05) is 0 Å². The maximum absolute atomic E-state index is 13.6. The Hall–Kier alpha value is -1.10. The van der Waals surface area contributed by atoms with Crippen molar-refractivity contribution in [1.29, 1.82) is 0 Å². The van der Waals surface area contributed by atoms with Crippen LogP contribution in [0.2, 0.25) is 5.02 Å². The standard InChI is InChI=1S/C14H11BrClFO2/c15-10-4-5-14(9(6-10)7-18)19-8-11-12(16)2-1-3-13(11)17/h1-6,18H,7-8H2. The fourth-order valence-electron chi connectivity index (χ4n) is 1.63. The lowest BCUT2D eigenvalue weighted by Crippen LogP contribution is -2.01. The van der Waals surface area contributed by atoms with Crippen molar-refractivity contribution in [2.24, 2.45) is 0 Å². The number of ether oxygens (including phenoxy) is 1. The Kier molecular flexibility index (Phi) is 4.80. The zero-order valence-electron chi connectivity index (χ0n) is 9.87. The van der Waals surface area contributed by atoms with Gasteiger partial charge in [0.15, 0.2) is 0 Å². The average molecular weight is 346 g/mol. The Morgan fingerprint density at radius 2 is 2.05 bits per heavy atom. The van der Waals surface area contributed by atoms with Crippen molar-refractivity contribution >= 4 is 27.5 Å². The quantitative estimate of drug-likeness (QED) is 0.894. The topological polar surface area (TPSA) is 29.5 Å². The molecular weight excluding hydrogens is 335 g/mol. The summed E-state index contributed by atoms with van der Waals surface area (Å²) in [6, 6.07) is 9.73. The van der Waals surface area contributed by atoms with Crippen LogP contribution in [0.25, 0.3) is 0 Å². The zero-order chi connectivity index (χ0) is 13.8. The number of rotatable bonds is 4. The Balaban J connectivity index is 2.19. The van der Waals surface area contributed by atoms with Gasteiger partial charge in [-0.3, -0.25) is 0 Å². The molecule has 0 unspecified atom stereocenters. The first kappa shape index (κ1) is 14.3. The second-order valence-corrected chi connectivity index (χ2v) is 5.22. The first-order valence-electron chi connectivity index (χ1n) is 5.57. The molecule has 0 radical (unpaired) electrons. The molecule has 2 aromatic carbocycles. The predicted octanol–water partition coefficient (Wildman–Crippen LogP) is 4.31. The van der Waals surface area contributed by atoms with E-state index in [1.165, 1.54) is 6.07 Å². The molecule has 19 heavy (non-hydrogen) atoms. The molecule has 0 heterocycles. The van der Waals surface area contributed by atoms with Crippen molar-refractivity contribution < 1.29 is 14.2 Å². The van der Waals surface area contributed by atoms with E-state index in [0.29, 0.717) is 21.9 Å². The molecule has 0 amide bonds. The molecular formula is C14H11BrClFO2. The summed E-state index contributed by atoms with van der Waals surface area (Å²) in [5.41, 5.74) is 0.929. The number of aliphatic hydroxyl groups is 1. The van der Waals surface area contributed by atoms with Gasteiger partial charge in [-0.05, 0) is 30.3 Å². The third-order valence-corrected chi connectivity index (χ3v) is 3.47. The minimum absolute atomic E-state index is 0.0140. The van der Waals surface area contributed by atoms with E-state index in [1.54, 1.807) is 30.3 Å². The fourth-order valence-corrected chi connectivity index (χ4v) is 2.26. The summed E-state index contributed by atoms with van der Waals surface area (Å²) < 4.78 is 19.9. The van der Waals surface area contributed by atoms with Crippen molar-refractivity contribution in [3.05, 3.63) is 62.8 Å². The summed E-state index contributed by atoms with van der Waals surface area (Å²) in [5.74, 6) is 0.0974. The van der Waals surface area contributed by atoms with Crippen LogP contribution in [0.5, 0.6) is 5.75 Å². The highest BCUT2D eigenvalue weighted by molar-refractivity contribution is 9.10. The summed E-state index contributed by atoms with van der Waals surface area (Å²) in [7, 11) is 0. The summed E-state index contributed by atoms with van der Waals surface area (Å²) in [5, 5.41) is 9.57. The Morgan fingerprint density at radius 3 is 2.74 bits per heavy atom. The van der Waals surface area contributed by atoms with Crippen molar-refractivity contribution in [3.63, 3.8) is 0 Å². The van der Waals surface area contributed by atoms with Crippen molar-refractivity contribution in [2.75, 3.05) is 0 Å². The third-order valence-electron chi connectivity index (χ3n) is 2.63. The molecule has 0 spiro atoms. The molecule has 0 bridgehead atoms. The number of hydrogen-bond acceptors (Lipinski definition) is 2. The van der Waals surface area contributed by atoms with E-state index in [9.17, 15) is 9.50 Å². The highest BCUT2D eigenvalue weighted by atomic mass is 79.9. The van der Waals surface area contributed by atoms with Crippen LogP contribution in [0.4, 0.5) is 4.39 Å². The molecule has 0 atom stereocenters. The van der Waals surface area contributed by atoms with E-state index >= 15 is 0 Å². The van der Waals surface area contributed by atoms with Crippen molar-refractivity contribution in [3.8, 4) is 5.75 Å². The van der Waals surface area contributed by atoms with Gasteiger partial charge in [0, 0.05) is 15.6 Å². The number of halogens is 3. The molecule has 0 aliphatic rings. The lowest BCUT2D eigenvalue weighted by atomic mass is 10.2. The molecule has 100 valence electrons. The molecule has 1 N–H and O–H groups in total. The first-order chi connectivity index (χ1) is 9.11. The van der Waals surface area contributed by atoms with Crippen LogP contribution >= 0.6 is 27.5 Å². The summed E-state index contributed by atoms with van der Waals surface area (Å²) in [6.07, 6.45) is 0. The molecule has 0 aliphatic heterocycles. The smallest absolute Gasteiger partial charge is 0.131 e. The molecule has 0 saturated carbocycles. The SMILES string of the molecule is OCc1cc(Br)ccc1OCc1c(F)cccc1Cl. The predicted molar refractivity (Wildman–Crippen MR) is 75.8 cm³/mol. The molecule has 2 aromatic rings. The van der Waals surface area contributed by atoms with Gasteiger partial charge in [-0.2, -0.15) is 0 Å². The highest BCUT2D eigenvalue weighted by Gasteiger charge is 2.09. The highest BCUT2D eigenvalue weighted by Crippen LogP contribution is 2.26. The van der Waals surface area contributed by atoms with Crippen LogP contribution in [-0.4, -0.2) is 5.11 Å². The van der Waals surface area contributed by atoms with Gasteiger partial charge in [-0.15, -0.1) is 0 Å². The van der Waals surface area contributed by atoms with Crippen molar-refractivity contribution in [2.45, 2.75) is 13.2 Å². The Bertz CT molecular complexity index is 569. The second-order valence-electron chi connectivity index (χ2n) is 3.90. The van der Waals surface area contributed by atoms with E-state index in [-0.39, 0.29) is 13.2 Å². The van der Waals surface area contributed by atoms with Gasteiger partial charge in [-0.25, -0.2) is 4.39 Å². The maximum atomic E-state index is 13.6.